The number of benzene rings is 1. The van der Waals surface area contributed by atoms with Crippen LogP contribution in [0.2, 0.25) is 0 Å². The van der Waals surface area contributed by atoms with Crippen LogP contribution in [0, 0.1) is 5.92 Å². The molecule has 28 heavy (non-hydrogen) atoms. The van der Waals surface area contributed by atoms with Crippen LogP contribution in [0.5, 0.6) is 0 Å². The fourth-order valence-electron chi connectivity index (χ4n) is 4.23. The van der Waals surface area contributed by atoms with Gasteiger partial charge < -0.3 is 10.6 Å². The van der Waals surface area contributed by atoms with Crippen molar-refractivity contribution in [2.75, 3.05) is 32.7 Å². The van der Waals surface area contributed by atoms with Gasteiger partial charge in [0.1, 0.15) is 0 Å². The van der Waals surface area contributed by atoms with E-state index in [0.717, 1.165) is 55.7 Å². The third kappa shape index (κ3) is 3.94. The summed E-state index contributed by atoms with van der Waals surface area (Å²) in [5.41, 5.74) is 9.86. The highest BCUT2D eigenvalue weighted by atomic mass is 16.2. The number of aromatic nitrogens is 2. The van der Waals surface area contributed by atoms with E-state index in [4.69, 9.17) is 5.73 Å². The number of rotatable bonds is 4. The number of piperidine rings is 1. The van der Waals surface area contributed by atoms with E-state index >= 15 is 0 Å². The van der Waals surface area contributed by atoms with Gasteiger partial charge in [-0.15, -0.1) is 0 Å². The number of hydrogen-bond donors (Lipinski definition) is 2. The van der Waals surface area contributed by atoms with Crippen molar-refractivity contribution in [3.05, 3.63) is 41.6 Å². The zero-order valence-electron chi connectivity index (χ0n) is 16.1. The molecule has 0 spiro atoms. The SMILES string of the molecule is NC(=O)C1CCN(CC(=O)N2CCc3[nH]nc(-c4ccccc4)c3CC2)CC1. The third-order valence-corrected chi connectivity index (χ3v) is 5.96. The number of aromatic amines is 1. The third-order valence-electron chi connectivity index (χ3n) is 5.96. The fraction of sp³-hybridized carbons (Fsp3) is 0.476. The van der Waals surface area contributed by atoms with E-state index in [1.54, 1.807) is 0 Å². The summed E-state index contributed by atoms with van der Waals surface area (Å²) in [4.78, 5) is 28.2. The molecule has 0 unspecified atom stereocenters. The number of carbonyl (C=O) groups excluding carboxylic acids is 2. The van der Waals surface area contributed by atoms with E-state index in [1.807, 2.05) is 23.1 Å². The summed E-state index contributed by atoms with van der Waals surface area (Å²) in [6, 6.07) is 10.2. The van der Waals surface area contributed by atoms with Crippen LogP contribution >= 0.6 is 0 Å². The van der Waals surface area contributed by atoms with Crippen LogP contribution in [0.3, 0.4) is 0 Å². The Morgan fingerprint density at radius 3 is 2.50 bits per heavy atom. The van der Waals surface area contributed by atoms with Crippen LogP contribution in [-0.2, 0) is 22.4 Å². The zero-order valence-corrected chi connectivity index (χ0v) is 16.1. The van der Waals surface area contributed by atoms with Crippen molar-refractivity contribution >= 4 is 11.8 Å². The Bertz CT molecular complexity index is 840. The Labute approximate surface area is 164 Å². The number of nitrogens with one attached hydrogen (secondary N) is 1. The number of hydrogen-bond acceptors (Lipinski definition) is 4. The van der Waals surface area contributed by atoms with Crippen molar-refractivity contribution in [1.29, 1.82) is 0 Å². The van der Waals surface area contributed by atoms with E-state index in [9.17, 15) is 9.59 Å². The highest BCUT2D eigenvalue weighted by molar-refractivity contribution is 5.79. The standard InChI is InChI=1S/C21H27N5O2/c22-21(28)16-6-10-25(11-7-16)14-19(27)26-12-8-17-18(9-13-26)23-24-20(17)15-4-2-1-3-5-15/h1-5,16H,6-14H2,(H2,22,28)(H,23,24). The van der Waals surface area contributed by atoms with Gasteiger partial charge in [0.15, 0.2) is 0 Å². The molecule has 0 radical (unpaired) electrons. The van der Waals surface area contributed by atoms with Crippen molar-refractivity contribution < 1.29 is 9.59 Å². The zero-order chi connectivity index (χ0) is 19.5. The average molecular weight is 381 g/mol. The number of nitrogens with zero attached hydrogens (tertiary/aromatic N) is 3. The van der Waals surface area contributed by atoms with Gasteiger partial charge in [-0.2, -0.15) is 5.10 Å². The highest BCUT2D eigenvalue weighted by Crippen LogP contribution is 2.26. The van der Waals surface area contributed by atoms with Crippen molar-refractivity contribution in [3.63, 3.8) is 0 Å². The topological polar surface area (TPSA) is 95.3 Å². The maximum Gasteiger partial charge on any atom is 0.236 e. The first kappa shape index (κ1) is 18.7. The minimum absolute atomic E-state index is 0.0431. The number of H-pyrrole nitrogens is 1. The first-order chi connectivity index (χ1) is 13.6. The lowest BCUT2D eigenvalue weighted by atomic mass is 9.96. The molecular formula is C21H27N5O2. The number of fused-ring (bicyclic) bond motifs is 1. The van der Waals surface area contributed by atoms with Gasteiger partial charge in [-0.25, -0.2) is 0 Å². The van der Waals surface area contributed by atoms with E-state index < -0.39 is 0 Å². The molecule has 0 atom stereocenters. The van der Waals surface area contributed by atoms with Gasteiger partial charge in [0.25, 0.3) is 0 Å². The van der Waals surface area contributed by atoms with Gasteiger partial charge in [-0.05, 0) is 32.4 Å². The van der Waals surface area contributed by atoms with Crippen LogP contribution in [0.1, 0.15) is 24.1 Å². The van der Waals surface area contributed by atoms with Crippen LogP contribution in [-0.4, -0.2) is 64.5 Å². The molecule has 4 rings (SSSR count). The minimum atomic E-state index is -0.220. The molecule has 7 heteroatoms. The maximum atomic E-state index is 12.8. The van der Waals surface area contributed by atoms with Gasteiger partial charge in [-0.3, -0.25) is 19.6 Å². The smallest absolute Gasteiger partial charge is 0.236 e. The molecule has 0 bridgehead atoms. The van der Waals surface area contributed by atoms with Crippen LogP contribution in [0.4, 0.5) is 0 Å². The molecule has 148 valence electrons. The summed E-state index contributed by atoms with van der Waals surface area (Å²) in [6.45, 7) is 3.36. The van der Waals surface area contributed by atoms with Crippen molar-refractivity contribution in [2.24, 2.45) is 11.7 Å². The molecule has 0 saturated carbocycles. The van der Waals surface area contributed by atoms with Crippen LogP contribution in [0.15, 0.2) is 30.3 Å². The van der Waals surface area contributed by atoms with E-state index in [0.29, 0.717) is 19.6 Å². The molecule has 1 aromatic carbocycles. The normalized spacial score (nSPS) is 18.5. The molecule has 1 fully saturated rings. The van der Waals surface area contributed by atoms with Gasteiger partial charge in [-0.1, -0.05) is 30.3 Å². The number of amides is 2. The number of likely N-dealkylation sites (tertiary alicyclic amines) is 1. The molecule has 7 nitrogen and oxygen atoms in total. The van der Waals surface area contributed by atoms with Crippen LogP contribution < -0.4 is 5.73 Å². The van der Waals surface area contributed by atoms with Gasteiger partial charge in [0.2, 0.25) is 11.8 Å². The van der Waals surface area contributed by atoms with Crippen molar-refractivity contribution in [2.45, 2.75) is 25.7 Å². The van der Waals surface area contributed by atoms with E-state index in [-0.39, 0.29) is 17.7 Å². The Kier molecular flexibility index (Phi) is 5.43. The first-order valence-electron chi connectivity index (χ1n) is 10.0. The molecule has 1 aromatic heterocycles. The first-order valence-corrected chi connectivity index (χ1v) is 10.0. The van der Waals surface area contributed by atoms with Gasteiger partial charge >= 0.3 is 0 Å². The molecule has 2 aliphatic heterocycles. The number of primary amides is 1. The average Bonchev–Trinajstić information content (AvgIpc) is 3.00. The van der Waals surface area contributed by atoms with Crippen LogP contribution in [0.25, 0.3) is 11.3 Å². The summed E-state index contributed by atoms with van der Waals surface area (Å²) >= 11 is 0. The summed E-state index contributed by atoms with van der Waals surface area (Å²) in [7, 11) is 0. The Morgan fingerprint density at radius 2 is 1.79 bits per heavy atom. The summed E-state index contributed by atoms with van der Waals surface area (Å²) < 4.78 is 0. The molecule has 2 amide bonds. The minimum Gasteiger partial charge on any atom is -0.369 e. The number of carbonyl (C=O) groups is 2. The maximum absolute atomic E-state index is 12.8. The highest BCUT2D eigenvalue weighted by Gasteiger charge is 2.27. The lowest BCUT2D eigenvalue weighted by Crippen LogP contribution is -2.45. The van der Waals surface area contributed by atoms with E-state index in [1.165, 1.54) is 5.56 Å². The molecular weight excluding hydrogens is 354 g/mol. The summed E-state index contributed by atoms with van der Waals surface area (Å²) in [6.07, 6.45) is 3.11. The largest absolute Gasteiger partial charge is 0.369 e. The second-order valence-corrected chi connectivity index (χ2v) is 7.73. The predicted molar refractivity (Wildman–Crippen MR) is 106 cm³/mol. The lowest BCUT2D eigenvalue weighted by Gasteiger charge is -2.31. The number of nitrogens with two attached hydrogens (primary N) is 1. The molecule has 2 aromatic rings. The second-order valence-electron chi connectivity index (χ2n) is 7.73. The molecule has 0 aliphatic carbocycles. The monoisotopic (exact) mass is 381 g/mol. The van der Waals surface area contributed by atoms with E-state index in [2.05, 4.69) is 27.2 Å². The predicted octanol–water partition coefficient (Wildman–Crippen LogP) is 1.20. The Hall–Kier alpha value is -2.67. The Balaban J connectivity index is 1.36. The Morgan fingerprint density at radius 1 is 1.07 bits per heavy atom. The van der Waals surface area contributed by atoms with Crippen molar-refractivity contribution in [1.82, 2.24) is 20.0 Å². The van der Waals surface area contributed by atoms with Gasteiger partial charge in [0.05, 0.1) is 12.2 Å². The molecule has 3 N–H and O–H groups in total. The second kappa shape index (κ2) is 8.14. The summed E-state index contributed by atoms with van der Waals surface area (Å²) in [5, 5.41) is 7.70. The summed E-state index contributed by atoms with van der Waals surface area (Å²) in [5.74, 6) is -0.0992. The molecule has 1 saturated heterocycles. The quantitative estimate of drug-likeness (QED) is 0.832. The van der Waals surface area contributed by atoms with Gasteiger partial charge in [0, 0.05) is 42.2 Å². The molecule has 2 aliphatic rings. The van der Waals surface area contributed by atoms with Crippen molar-refractivity contribution in [3.8, 4) is 11.3 Å². The fourth-order valence-corrected chi connectivity index (χ4v) is 4.23. The molecule has 3 heterocycles. The lowest BCUT2D eigenvalue weighted by molar-refractivity contribution is -0.132.